The van der Waals surface area contributed by atoms with Crippen LogP contribution in [0.4, 0.5) is 0 Å². The molecule has 9 heteroatoms. The van der Waals surface area contributed by atoms with Crippen LogP contribution in [-0.4, -0.2) is 55.9 Å². The van der Waals surface area contributed by atoms with Crippen molar-refractivity contribution in [3.05, 3.63) is 35.9 Å². The van der Waals surface area contributed by atoms with Crippen LogP contribution in [-0.2, 0) is 4.74 Å². The van der Waals surface area contributed by atoms with E-state index >= 15 is 0 Å². The van der Waals surface area contributed by atoms with Crippen molar-refractivity contribution in [2.75, 3.05) is 19.7 Å². The van der Waals surface area contributed by atoms with Gasteiger partial charge in [-0.1, -0.05) is 29.2 Å². The Kier molecular flexibility index (Phi) is 5.63. The number of ether oxygens (including phenoxy) is 1. The summed E-state index contributed by atoms with van der Waals surface area (Å²) in [5.74, 6) is -0.454. The Morgan fingerprint density at radius 2 is 2.13 bits per heavy atom. The average molecular weight is 345 g/mol. The SMILES string of the molecule is CC(N)(CCN1CC(O)NS1(O)O)COC(=O)c1ccccc1. The summed E-state index contributed by atoms with van der Waals surface area (Å²) >= 11 is 0. The van der Waals surface area contributed by atoms with Gasteiger partial charge in [0, 0.05) is 12.1 Å². The number of nitrogens with zero attached hydrogens (tertiary/aromatic N) is 1. The number of nitrogens with one attached hydrogen (secondary N) is 1. The van der Waals surface area contributed by atoms with Crippen LogP contribution in [0.2, 0.25) is 0 Å². The van der Waals surface area contributed by atoms with Crippen LogP contribution in [0.5, 0.6) is 0 Å². The molecule has 1 fully saturated rings. The van der Waals surface area contributed by atoms with Gasteiger partial charge < -0.3 is 15.6 Å². The van der Waals surface area contributed by atoms with Gasteiger partial charge >= 0.3 is 5.97 Å². The minimum absolute atomic E-state index is 0.00371. The average Bonchev–Trinajstić information content (AvgIpc) is 2.76. The van der Waals surface area contributed by atoms with Crippen molar-refractivity contribution in [3.63, 3.8) is 0 Å². The summed E-state index contributed by atoms with van der Waals surface area (Å²) in [5, 5.41) is 9.41. The van der Waals surface area contributed by atoms with Crippen LogP contribution >= 0.6 is 11.0 Å². The minimum atomic E-state index is -3.16. The summed E-state index contributed by atoms with van der Waals surface area (Å²) < 4.78 is 28.4. The van der Waals surface area contributed by atoms with Crippen molar-refractivity contribution in [2.45, 2.75) is 25.1 Å². The zero-order valence-corrected chi connectivity index (χ0v) is 13.7. The van der Waals surface area contributed by atoms with Gasteiger partial charge in [-0.3, -0.25) is 9.11 Å². The molecule has 23 heavy (non-hydrogen) atoms. The maximum absolute atomic E-state index is 11.9. The molecular weight excluding hydrogens is 322 g/mol. The molecule has 2 rings (SSSR count). The number of hydrogen-bond donors (Lipinski definition) is 5. The molecule has 0 aromatic heterocycles. The predicted octanol–water partition coefficient (Wildman–Crippen LogP) is 0.755. The molecule has 130 valence electrons. The van der Waals surface area contributed by atoms with E-state index in [0.717, 1.165) is 0 Å². The van der Waals surface area contributed by atoms with Crippen LogP contribution < -0.4 is 10.5 Å². The van der Waals surface area contributed by atoms with Crippen molar-refractivity contribution < 1.29 is 23.7 Å². The Morgan fingerprint density at radius 1 is 1.48 bits per heavy atom. The smallest absolute Gasteiger partial charge is 0.338 e. The summed E-state index contributed by atoms with van der Waals surface area (Å²) in [5.41, 5.74) is 5.73. The van der Waals surface area contributed by atoms with E-state index in [9.17, 15) is 19.0 Å². The number of aliphatic hydroxyl groups excluding tert-OH is 1. The first-order chi connectivity index (χ1) is 10.7. The Morgan fingerprint density at radius 3 is 2.70 bits per heavy atom. The standard InChI is InChI=1S/C14H23N3O5S/c1-14(15,7-8-17-9-12(18)16-23(17,20)21)10-22-13(19)11-5-3-2-4-6-11/h2-6,12,16,18,20-21H,7-10,15H2,1H3. The van der Waals surface area contributed by atoms with Crippen molar-refractivity contribution in [1.29, 1.82) is 0 Å². The molecule has 1 aliphatic rings. The number of β-amino-alcohol motifs (C(OH)–C–C–N with tert-alkyl or cyclic N) is 1. The minimum Gasteiger partial charge on any atom is -0.460 e. The second-order valence-electron chi connectivity index (χ2n) is 5.89. The fourth-order valence-electron chi connectivity index (χ4n) is 2.15. The van der Waals surface area contributed by atoms with Gasteiger partial charge in [0.25, 0.3) is 0 Å². The van der Waals surface area contributed by atoms with E-state index < -0.39 is 28.7 Å². The lowest BCUT2D eigenvalue weighted by Crippen LogP contribution is -2.45. The van der Waals surface area contributed by atoms with E-state index in [1.807, 2.05) is 0 Å². The van der Waals surface area contributed by atoms with Crippen molar-refractivity contribution >= 4 is 16.9 Å². The number of benzene rings is 1. The maximum Gasteiger partial charge on any atom is 0.338 e. The van der Waals surface area contributed by atoms with E-state index in [-0.39, 0.29) is 19.7 Å². The van der Waals surface area contributed by atoms with Gasteiger partial charge in [0.2, 0.25) is 0 Å². The number of rotatable bonds is 6. The maximum atomic E-state index is 11.9. The molecule has 0 radical (unpaired) electrons. The lowest BCUT2D eigenvalue weighted by molar-refractivity contribution is 0.0407. The van der Waals surface area contributed by atoms with E-state index in [0.29, 0.717) is 12.0 Å². The highest BCUT2D eigenvalue weighted by atomic mass is 32.3. The van der Waals surface area contributed by atoms with Crippen LogP contribution in [0.25, 0.3) is 0 Å². The third-order valence-corrected chi connectivity index (χ3v) is 5.15. The first-order valence-electron chi connectivity index (χ1n) is 7.19. The molecule has 1 aliphatic heterocycles. The molecule has 0 saturated carbocycles. The predicted molar refractivity (Wildman–Crippen MR) is 87.5 cm³/mol. The van der Waals surface area contributed by atoms with Crippen LogP contribution in [0.1, 0.15) is 23.7 Å². The zero-order chi connectivity index (χ0) is 17.1. The summed E-state index contributed by atoms with van der Waals surface area (Å²) in [6.45, 7) is 2.07. The van der Waals surface area contributed by atoms with Gasteiger partial charge in [0.15, 0.2) is 0 Å². The van der Waals surface area contributed by atoms with Gasteiger partial charge in [-0.15, -0.1) is 0 Å². The number of carbonyl (C=O) groups excluding carboxylic acids is 1. The second kappa shape index (κ2) is 7.14. The van der Waals surface area contributed by atoms with Gasteiger partial charge in [-0.05, 0) is 25.5 Å². The largest absolute Gasteiger partial charge is 0.460 e. The highest BCUT2D eigenvalue weighted by Crippen LogP contribution is 2.43. The van der Waals surface area contributed by atoms with E-state index in [4.69, 9.17) is 10.5 Å². The highest BCUT2D eigenvalue weighted by Gasteiger charge is 2.35. The number of nitrogens with two attached hydrogens (primary N) is 1. The molecule has 1 heterocycles. The molecule has 6 N–H and O–H groups in total. The van der Waals surface area contributed by atoms with Gasteiger partial charge in [-0.2, -0.15) is 9.03 Å². The molecule has 0 aliphatic carbocycles. The number of aliphatic hydroxyl groups is 1. The van der Waals surface area contributed by atoms with Gasteiger partial charge in [0.05, 0.1) is 12.1 Å². The summed E-state index contributed by atoms with van der Waals surface area (Å²) in [6, 6.07) is 8.61. The number of esters is 1. The lowest BCUT2D eigenvalue weighted by atomic mass is 10.0. The van der Waals surface area contributed by atoms with Crippen LogP contribution in [0, 0.1) is 0 Å². The molecule has 2 atom stereocenters. The van der Waals surface area contributed by atoms with E-state index in [1.165, 1.54) is 4.31 Å². The quantitative estimate of drug-likeness (QED) is 0.478. The Bertz CT molecular complexity index is 540. The Balaban J connectivity index is 1.82. The van der Waals surface area contributed by atoms with Crippen LogP contribution in [0.3, 0.4) is 0 Å². The molecule has 0 bridgehead atoms. The molecule has 0 spiro atoms. The topological polar surface area (TPSA) is 128 Å². The first kappa shape index (κ1) is 18.1. The molecular formula is C14H23N3O5S. The number of hydrogen-bond acceptors (Lipinski definition) is 8. The molecule has 1 saturated heterocycles. The fraction of sp³-hybridized carbons (Fsp3) is 0.500. The second-order valence-corrected chi connectivity index (χ2v) is 7.68. The monoisotopic (exact) mass is 345 g/mol. The third kappa shape index (κ3) is 5.15. The Labute approximate surface area is 136 Å². The van der Waals surface area contributed by atoms with Crippen molar-refractivity contribution in [1.82, 2.24) is 9.03 Å². The summed E-state index contributed by atoms with van der Waals surface area (Å²) in [7, 11) is -3.16. The first-order valence-corrected chi connectivity index (χ1v) is 8.70. The van der Waals surface area contributed by atoms with Crippen molar-refractivity contribution in [3.8, 4) is 0 Å². The third-order valence-electron chi connectivity index (χ3n) is 3.51. The Hall–Kier alpha value is -1.20. The molecule has 2 unspecified atom stereocenters. The van der Waals surface area contributed by atoms with Crippen molar-refractivity contribution in [2.24, 2.45) is 5.73 Å². The van der Waals surface area contributed by atoms with Gasteiger partial charge in [-0.25, -0.2) is 4.79 Å². The zero-order valence-electron chi connectivity index (χ0n) is 12.9. The number of carbonyl (C=O) groups is 1. The van der Waals surface area contributed by atoms with E-state index in [2.05, 4.69) is 4.72 Å². The molecule has 1 aromatic rings. The molecule has 1 aromatic carbocycles. The normalized spacial score (nSPS) is 24.8. The van der Waals surface area contributed by atoms with E-state index in [1.54, 1.807) is 37.3 Å². The highest BCUT2D eigenvalue weighted by molar-refractivity contribution is 8.20. The fourth-order valence-corrected chi connectivity index (χ4v) is 3.43. The van der Waals surface area contributed by atoms with Crippen LogP contribution in [0.15, 0.2) is 30.3 Å². The summed E-state index contributed by atoms with van der Waals surface area (Å²) in [6.07, 6.45) is -0.626. The van der Waals surface area contributed by atoms with Gasteiger partial charge in [0.1, 0.15) is 12.8 Å². The molecule has 0 amide bonds. The molecule has 8 nitrogen and oxygen atoms in total. The summed E-state index contributed by atoms with van der Waals surface area (Å²) in [4.78, 5) is 11.9. The lowest BCUT2D eigenvalue weighted by Gasteiger charge is -2.37.